The van der Waals surface area contributed by atoms with E-state index in [1.54, 1.807) is 54.0 Å². The first kappa shape index (κ1) is 32.2. The second-order valence-electron chi connectivity index (χ2n) is 9.06. The van der Waals surface area contributed by atoms with Crippen LogP contribution >= 0.6 is 0 Å². The molecule has 0 aliphatic rings. The molecule has 2 aromatic carbocycles. The van der Waals surface area contributed by atoms with Crippen molar-refractivity contribution in [2.75, 3.05) is 13.2 Å². The second-order valence-corrected chi connectivity index (χ2v) is 9.06. The number of carbonyl (C=O) groups is 2. The Morgan fingerprint density at radius 2 is 1.71 bits per heavy atom. The third kappa shape index (κ3) is 8.33. The average molecular weight is 682 g/mol. The Hall–Kier alpha value is -4.36. The number of amides is 2. The number of pyridine rings is 1. The summed E-state index contributed by atoms with van der Waals surface area (Å²) in [5, 5.41) is 11.5. The molecule has 0 fully saturated rings. The summed E-state index contributed by atoms with van der Waals surface area (Å²) in [6, 6.07) is 15.8. The largest absolute Gasteiger partial charge is 1.00 e. The van der Waals surface area contributed by atoms with Crippen LogP contribution in [0.15, 0.2) is 77.9 Å². The van der Waals surface area contributed by atoms with Crippen molar-refractivity contribution in [2.45, 2.75) is 26.9 Å². The van der Waals surface area contributed by atoms with Crippen molar-refractivity contribution >= 4 is 41.1 Å². The minimum absolute atomic E-state index is 0. The number of aryl methyl sites for hydroxylation is 1. The van der Waals surface area contributed by atoms with Crippen LogP contribution in [0.2, 0.25) is 0 Å². The van der Waals surface area contributed by atoms with Crippen molar-refractivity contribution in [3.05, 3.63) is 106 Å². The van der Waals surface area contributed by atoms with Gasteiger partial charge in [0.1, 0.15) is 31.1 Å². The second kappa shape index (κ2) is 15.6. The molecule has 0 saturated heterocycles. The molecule has 0 bridgehead atoms. The van der Waals surface area contributed by atoms with Gasteiger partial charge in [0.15, 0.2) is 12.4 Å². The van der Waals surface area contributed by atoms with Gasteiger partial charge in [-0.05, 0) is 61.4 Å². The molecule has 10 nitrogen and oxygen atoms in total. The van der Waals surface area contributed by atoms with Gasteiger partial charge >= 0.3 is 0 Å². The summed E-state index contributed by atoms with van der Waals surface area (Å²) in [7, 11) is 0. The Labute approximate surface area is 260 Å². The van der Waals surface area contributed by atoms with Gasteiger partial charge in [-0.3, -0.25) is 24.2 Å². The van der Waals surface area contributed by atoms with E-state index in [1.165, 1.54) is 4.57 Å². The normalized spacial score (nSPS) is 11.0. The number of carbonyl (C=O) groups excluding carboxylic acids is 2. The van der Waals surface area contributed by atoms with Gasteiger partial charge in [-0.2, -0.15) is 0 Å². The van der Waals surface area contributed by atoms with Gasteiger partial charge in [-0.25, -0.2) is 15.0 Å². The lowest BCUT2D eigenvalue weighted by molar-refractivity contribution is -0.693. The number of halogens is 1. The monoisotopic (exact) mass is 681 g/mol. The molecule has 0 unspecified atom stereocenters. The van der Waals surface area contributed by atoms with Crippen LogP contribution in [-0.2, 0) is 17.9 Å². The molecular formula is C31H32IN5O5. The fourth-order valence-electron chi connectivity index (χ4n) is 4.10. The van der Waals surface area contributed by atoms with Gasteiger partial charge < -0.3 is 34.0 Å². The van der Waals surface area contributed by atoms with E-state index >= 15 is 0 Å². The third-order valence-electron chi connectivity index (χ3n) is 6.27. The number of hydroxylamine groups is 1. The van der Waals surface area contributed by atoms with Crippen molar-refractivity contribution in [3.8, 4) is 5.75 Å². The number of aromatic nitrogens is 3. The summed E-state index contributed by atoms with van der Waals surface area (Å²) < 4.78 is 9.33. The van der Waals surface area contributed by atoms with E-state index in [0.29, 0.717) is 28.9 Å². The SMILES string of the molecule is CCNC(=O)Cn1c(=O)c(/C=C/c2cc[n+](CC)cc2)nc2ccc(OC/C=C/c3ccc(C(=O)NO)cc3)cc21.[I-]. The quantitative estimate of drug-likeness (QED) is 0.0902. The van der Waals surface area contributed by atoms with Crippen LogP contribution < -0.4 is 49.6 Å². The average Bonchev–Trinajstić information content (AvgIpc) is 3.00. The van der Waals surface area contributed by atoms with E-state index in [0.717, 1.165) is 17.7 Å². The summed E-state index contributed by atoms with van der Waals surface area (Å²) in [6.45, 7) is 5.29. The van der Waals surface area contributed by atoms with Crippen LogP contribution in [0, 0.1) is 0 Å². The van der Waals surface area contributed by atoms with E-state index in [4.69, 9.17) is 9.94 Å². The zero-order valence-electron chi connectivity index (χ0n) is 23.3. The van der Waals surface area contributed by atoms with E-state index in [1.807, 2.05) is 54.2 Å². The number of rotatable bonds is 11. The molecule has 42 heavy (non-hydrogen) atoms. The highest BCUT2D eigenvalue weighted by Gasteiger charge is 2.13. The van der Waals surface area contributed by atoms with Crippen LogP contribution in [0.1, 0.15) is 41.0 Å². The standard InChI is InChI=1S/C31H31N5O5.HI/c1-3-32-29(37)21-36-28-20-25(41-19-5-6-22-7-10-24(11-8-22)30(38)34-40)12-14-26(28)33-27(31(36)39)13-9-23-15-17-35(4-2)18-16-23;/h5-18,20H,3-4,19,21H2,1-2H3,(H2-,32,33,34,37,38,39,40);1H/b6-5+;. The first-order valence-electron chi connectivity index (χ1n) is 13.2. The van der Waals surface area contributed by atoms with Crippen molar-refractivity contribution in [1.82, 2.24) is 20.3 Å². The minimum atomic E-state index is -0.579. The van der Waals surface area contributed by atoms with Gasteiger partial charge in [-0.1, -0.05) is 24.3 Å². The molecule has 2 aromatic heterocycles. The fourth-order valence-corrected chi connectivity index (χ4v) is 4.10. The zero-order valence-corrected chi connectivity index (χ0v) is 25.4. The van der Waals surface area contributed by atoms with E-state index in [-0.39, 0.29) is 54.3 Å². The number of likely N-dealkylation sites (N-methyl/N-ethyl adjacent to an activating group) is 1. The maximum Gasteiger partial charge on any atom is 0.277 e. The topological polar surface area (TPSA) is 126 Å². The van der Waals surface area contributed by atoms with Crippen LogP contribution in [0.4, 0.5) is 0 Å². The maximum absolute atomic E-state index is 13.4. The van der Waals surface area contributed by atoms with E-state index in [9.17, 15) is 14.4 Å². The van der Waals surface area contributed by atoms with Crippen molar-refractivity contribution in [3.63, 3.8) is 0 Å². The first-order chi connectivity index (χ1) is 19.9. The Morgan fingerprint density at radius 3 is 2.38 bits per heavy atom. The molecule has 0 aliphatic carbocycles. The van der Waals surface area contributed by atoms with Crippen LogP contribution in [-0.4, -0.2) is 39.7 Å². The molecule has 218 valence electrons. The molecule has 4 aromatic rings. The number of hydrogen-bond acceptors (Lipinski definition) is 6. The zero-order chi connectivity index (χ0) is 29.2. The smallest absolute Gasteiger partial charge is 0.277 e. The van der Waals surface area contributed by atoms with Gasteiger partial charge in [0.2, 0.25) is 5.91 Å². The predicted molar refractivity (Wildman–Crippen MR) is 156 cm³/mol. The summed E-state index contributed by atoms with van der Waals surface area (Å²) in [5.74, 6) is -0.343. The first-order valence-corrected chi connectivity index (χ1v) is 13.2. The van der Waals surface area contributed by atoms with Crippen LogP contribution in [0.5, 0.6) is 5.75 Å². The summed E-state index contributed by atoms with van der Waals surface area (Å²) >= 11 is 0. The lowest BCUT2D eigenvalue weighted by Crippen LogP contribution is -3.00. The van der Waals surface area contributed by atoms with Crippen LogP contribution in [0.3, 0.4) is 0 Å². The summed E-state index contributed by atoms with van der Waals surface area (Å²) in [6.07, 6.45) is 11.1. The number of benzene rings is 2. The number of fused-ring (bicyclic) bond motifs is 1. The number of ether oxygens (including phenoxy) is 1. The lowest BCUT2D eigenvalue weighted by Gasteiger charge is -2.12. The minimum Gasteiger partial charge on any atom is -1.00 e. The van der Waals surface area contributed by atoms with Gasteiger partial charge in [0.25, 0.3) is 11.5 Å². The van der Waals surface area contributed by atoms with E-state index in [2.05, 4.69) is 17.2 Å². The highest BCUT2D eigenvalue weighted by atomic mass is 127. The third-order valence-corrected chi connectivity index (χ3v) is 6.27. The maximum atomic E-state index is 13.4. The number of nitrogens with zero attached hydrogens (tertiary/aromatic N) is 3. The number of nitrogens with one attached hydrogen (secondary N) is 2. The Kier molecular flexibility index (Phi) is 11.9. The number of hydrogen-bond donors (Lipinski definition) is 3. The molecule has 11 heteroatoms. The molecule has 0 radical (unpaired) electrons. The molecule has 3 N–H and O–H groups in total. The highest BCUT2D eigenvalue weighted by molar-refractivity contribution is 5.93. The van der Waals surface area contributed by atoms with Gasteiger partial charge in [-0.15, -0.1) is 0 Å². The summed E-state index contributed by atoms with van der Waals surface area (Å²) in [5.41, 5.74) is 4.61. The molecule has 2 heterocycles. The Bertz CT molecular complexity index is 1650. The Morgan fingerprint density at radius 1 is 1.00 bits per heavy atom. The van der Waals surface area contributed by atoms with Crippen molar-refractivity contribution in [2.24, 2.45) is 0 Å². The van der Waals surface area contributed by atoms with Crippen molar-refractivity contribution in [1.29, 1.82) is 0 Å². The highest BCUT2D eigenvalue weighted by Crippen LogP contribution is 2.20. The molecule has 4 rings (SSSR count). The van der Waals surface area contributed by atoms with Gasteiger partial charge in [0, 0.05) is 30.3 Å². The Balaban J connectivity index is 0.00000484. The lowest BCUT2D eigenvalue weighted by atomic mass is 10.1. The van der Waals surface area contributed by atoms with Crippen LogP contribution in [0.25, 0.3) is 29.3 Å². The molecular weight excluding hydrogens is 649 g/mol. The fraction of sp³-hybridized carbons (Fsp3) is 0.194. The molecule has 2 amide bonds. The molecule has 0 saturated carbocycles. The van der Waals surface area contributed by atoms with E-state index < -0.39 is 5.91 Å². The van der Waals surface area contributed by atoms with Gasteiger partial charge in [0.05, 0.1) is 11.0 Å². The molecule has 0 aliphatic heterocycles. The molecule has 0 atom stereocenters. The predicted octanol–water partition coefficient (Wildman–Crippen LogP) is 0.226. The summed E-state index contributed by atoms with van der Waals surface area (Å²) in [4.78, 5) is 41.9. The molecule has 0 spiro atoms. The van der Waals surface area contributed by atoms with Crippen molar-refractivity contribution < 1.29 is 48.1 Å².